The van der Waals surface area contributed by atoms with Crippen molar-refractivity contribution in [1.82, 2.24) is 4.98 Å². The summed E-state index contributed by atoms with van der Waals surface area (Å²) in [5.74, 6) is -4.44. The number of amides is 3. The molecule has 3 amide bonds. The highest BCUT2D eigenvalue weighted by atomic mass is 32.2. The number of hydrogen-bond donors (Lipinski definition) is 2. The molecule has 8 nitrogen and oxygen atoms in total. The van der Waals surface area contributed by atoms with E-state index in [0.29, 0.717) is 21.9 Å². The van der Waals surface area contributed by atoms with Crippen LogP contribution in [0.1, 0.15) is 33.9 Å². The second kappa shape index (κ2) is 12.0. The molecule has 7 atom stereocenters. The molecular formula is C35H25F6N3O5S2. The van der Waals surface area contributed by atoms with Gasteiger partial charge in [-0.1, -0.05) is 41.7 Å². The van der Waals surface area contributed by atoms with Gasteiger partial charge in [-0.05, 0) is 66.6 Å². The SMILES string of the molecule is O=C(COc1ccccc1[C@H]1c2sc(=O)[nH]c2SC2C1[C@H]1C[C@@H]2C2C(=O)N(c3cccc(C(F)(F)F)c3)C(=O)C21)Nc1cccc(C(F)(F)F)c1. The van der Waals surface area contributed by atoms with Gasteiger partial charge >= 0.3 is 17.2 Å². The lowest BCUT2D eigenvalue weighted by molar-refractivity contribution is -0.138. The third-order valence-corrected chi connectivity index (χ3v) is 12.8. The molecule has 2 aliphatic heterocycles. The van der Waals surface area contributed by atoms with Crippen LogP contribution in [-0.4, -0.2) is 34.6 Å². The average molecular weight is 746 g/mol. The maximum atomic E-state index is 14.0. The fourth-order valence-corrected chi connectivity index (χ4v) is 11.3. The number of benzene rings is 3. The Morgan fingerprint density at radius 1 is 0.863 bits per heavy atom. The molecule has 1 saturated heterocycles. The largest absolute Gasteiger partial charge is 0.483 e. The zero-order valence-corrected chi connectivity index (χ0v) is 27.6. The minimum Gasteiger partial charge on any atom is -0.483 e. The van der Waals surface area contributed by atoms with Gasteiger partial charge in [0.15, 0.2) is 6.61 Å². The Bertz CT molecular complexity index is 2150. The smallest absolute Gasteiger partial charge is 0.416 e. The van der Waals surface area contributed by atoms with Gasteiger partial charge in [-0.15, -0.1) is 11.8 Å². The fourth-order valence-electron chi connectivity index (χ4n) is 8.42. The van der Waals surface area contributed by atoms with Crippen molar-refractivity contribution in [2.75, 3.05) is 16.8 Å². The van der Waals surface area contributed by atoms with Gasteiger partial charge in [-0.25, -0.2) is 0 Å². The monoisotopic (exact) mass is 745 g/mol. The first-order chi connectivity index (χ1) is 24.2. The normalized spacial score (nSPS) is 26.5. The summed E-state index contributed by atoms with van der Waals surface area (Å²) >= 11 is 2.44. The zero-order valence-electron chi connectivity index (χ0n) is 26.0. The Morgan fingerprint density at radius 2 is 1.53 bits per heavy atom. The second-order valence-electron chi connectivity index (χ2n) is 13.0. The number of para-hydroxylation sites is 1. The lowest BCUT2D eigenvalue weighted by atomic mass is 9.68. The predicted octanol–water partition coefficient (Wildman–Crippen LogP) is 7.17. The number of rotatable bonds is 6. The Morgan fingerprint density at radius 3 is 2.25 bits per heavy atom. The van der Waals surface area contributed by atoms with Crippen LogP contribution in [0.3, 0.4) is 0 Å². The standard InChI is InChI=1S/C35H25F6N3O5S2/c36-34(37,38)15-5-3-7-17(11-15)42-23(45)14-49-22-10-2-1-9-19(22)24-25-20-13-21(28(25)50-30-29(24)51-33(48)43-30)27-26(20)31(46)44(32(27)47)18-8-4-6-16(12-18)35(39,40)41/h1-12,20-21,24-28H,13-14H2,(H,42,45)(H,43,48)/t20-,21-,24-,25?,26?,27?,28?/m1/s1. The number of nitrogens with one attached hydrogen (secondary N) is 2. The second-order valence-corrected chi connectivity index (χ2v) is 15.2. The molecule has 4 aromatic rings. The van der Waals surface area contributed by atoms with E-state index in [4.69, 9.17) is 4.74 Å². The van der Waals surface area contributed by atoms with Gasteiger partial charge < -0.3 is 15.0 Å². The number of carbonyl (C=O) groups is 3. The van der Waals surface area contributed by atoms with E-state index in [1.165, 1.54) is 30.0 Å². The predicted molar refractivity (Wildman–Crippen MR) is 174 cm³/mol. The first-order valence-electron chi connectivity index (χ1n) is 15.8. The van der Waals surface area contributed by atoms with Crippen molar-refractivity contribution < 1.29 is 45.5 Å². The molecule has 51 heavy (non-hydrogen) atoms. The minimum atomic E-state index is -4.67. The lowest BCUT2D eigenvalue weighted by Gasteiger charge is -2.43. The molecular weight excluding hydrogens is 721 g/mol. The van der Waals surface area contributed by atoms with E-state index in [2.05, 4.69) is 10.3 Å². The number of hydrogen-bond acceptors (Lipinski definition) is 7. The molecule has 2 bridgehead atoms. The highest BCUT2D eigenvalue weighted by Gasteiger charge is 2.70. The molecule has 4 aliphatic rings. The van der Waals surface area contributed by atoms with E-state index in [1.807, 2.05) is 0 Å². The molecule has 2 aliphatic carbocycles. The first-order valence-corrected chi connectivity index (χ1v) is 17.5. The number of ether oxygens (including phenoxy) is 1. The van der Waals surface area contributed by atoms with Crippen LogP contribution in [0.4, 0.5) is 37.7 Å². The number of thiazole rings is 1. The van der Waals surface area contributed by atoms with E-state index in [9.17, 15) is 45.5 Å². The van der Waals surface area contributed by atoms with E-state index < -0.39 is 65.6 Å². The van der Waals surface area contributed by atoms with Gasteiger partial charge in [0.2, 0.25) is 11.8 Å². The molecule has 16 heteroatoms. The van der Waals surface area contributed by atoms with E-state index in [-0.39, 0.29) is 45.0 Å². The van der Waals surface area contributed by atoms with Crippen molar-refractivity contribution in [2.24, 2.45) is 29.6 Å². The number of fused-ring (bicyclic) bond motifs is 9. The number of nitrogens with zero attached hydrogens (tertiary/aromatic N) is 1. The van der Waals surface area contributed by atoms with Crippen LogP contribution in [-0.2, 0) is 26.7 Å². The van der Waals surface area contributed by atoms with Crippen molar-refractivity contribution in [2.45, 2.75) is 35.0 Å². The Hall–Kier alpha value is -4.57. The van der Waals surface area contributed by atoms with Gasteiger partial charge in [-0.2, -0.15) is 26.3 Å². The molecule has 0 spiro atoms. The highest BCUT2D eigenvalue weighted by molar-refractivity contribution is 8.00. The van der Waals surface area contributed by atoms with Crippen molar-refractivity contribution in [3.8, 4) is 5.75 Å². The van der Waals surface area contributed by atoms with Gasteiger partial charge in [0.25, 0.3) is 5.91 Å². The Kier molecular flexibility index (Phi) is 7.90. The molecule has 3 aromatic carbocycles. The van der Waals surface area contributed by atoms with Crippen molar-refractivity contribution in [1.29, 1.82) is 0 Å². The van der Waals surface area contributed by atoms with E-state index >= 15 is 0 Å². The van der Waals surface area contributed by atoms with Gasteiger partial charge in [0.05, 0.1) is 33.7 Å². The van der Waals surface area contributed by atoms with Crippen LogP contribution in [0.15, 0.2) is 82.6 Å². The maximum absolute atomic E-state index is 14.0. The molecule has 0 radical (unpaired) electrons. The van der Waals surface area contributed by atoms with Crippen LogP contribution in [0.5, 0.6) is 5.75 Å². The van der Waals surface area contributed by atoms with E-state index in [1.54, 1.807) is 24.3 Å². The third-order valence-electron chi connectivity index (χ3n) is 10.2. The molecule has 3 fully saturated rings. The number of halogens is 6. The van der Waals surface area contributed by atoms with Crippen LogP contribution < -0.4 is 19.8 Å². The molecule has 2 N–H and O–H groups in total. The number of carbonyl (C=O) groups excluding carboxylic acids is 3. The third kappa shape index (κ3) is 5.62. The van der Waals surface area contributed by atoms with Gasteiger partial charge in [0, 0.05) is 27.3 Å². The summed E-state index contributed by atoms with van der Waals surface area (Å²) in [7, 11) is 0. The van der Waals surface area contributed by atoms with Crippen LogP contribution in [0.25, 0.3) is 0 Å². The summed E-state index contributed by atoms with van der Waals surface area (Å²) in [4.78, 5) is 57.6. The summed E-state index contributed by atoms with van der Waals surface area (Å²) in [5.41, 5.74) is -1.48. The summed E-state index contributed by atoms with van der Waals surface area (Å²) in [6.07, 6.45) is -8.73. The molecule has 264 valence electrons. The quantitative estimate of drug-likeness (QED) is 0.160. The topological polar surface area (TPSA) is 109 Å². The van der Waals surface area contributed by atoms with Crippen molar-refractivity contribution in [3.05, 3.63) is 104 Å². The summed E-state index contributed by atoms with van der Waals surface area (Å²) < 4.78 is 86.1. The van der Waals surface area contributed by atoms with Crippen molar-refractivity contribution >= 4 is 52.2 Å². The Balaban J connectivity index is 1.09. The van der Waals surface area contributed by atoms with Crippen LogP contribution >= 0.6 is 23.1 Å². The zero-order chi connectivity index (χ0) is 36.0. The maximum Gasteiger partial charge on any atom is 0.416 e. The highest BCUT2D eigenvalue weighted by Crippen LogP contribution is 2.69. The van der Waals surface area contributed by atoms with Gasteiger partial charge in [0.1, 0.15) is 5.75 Å². The fraction of sp³-hybridized carbons (Fsp3) is 0.314. The molecule has 3 heterocycles. The van der Waals surface area contributed by atoms with Crippen LogP contribution in [0.2, 0.25) is 0 Å². The molecule has 2 saturated carbocycles. The summed E-state index contributed by atoms with van der Waals surface area (Å²) in [6, 6.07) is 15.2. The lowest BCUT2D eigenvalue weighted by Crippen LogP contribution is -2.42. The van der Waals surface area contributed by atoms with Crippen molar-refractivity contribution in [3.63, 3.8) is 0 Å². The number of anilines is 2. The number of aromatic nitrogens is 1. The average Bonchev–Trinajstić information content (AvgIpc) is 3.82. The number of imide groups is 1. The number of aromatic amines is 1. The Labute approximate surface area is 293 Å². The first kappa shape index (κ1) is 33.6. The molecule has 8 rings (SSSR count). The number of H-pyrrole nitrogens is 1. The molecule has 1 aromatic heterocycles. The molecule has 4 unspecified atom stereocenters. The van der Waals surface area contributed by atoms with Crippen LogP contribution in [0, 0.1) is 29.6 Å². The number of alkyl halides is 6. The summed E-state index contributed by atoms with van der Waals surface area (Å²) in [5, 5.41) is 2.80. The van der Waals surface area contributed by atoms with Gasteiger partial charge in [-0.3, -0.25) is 24.1 Å². The minimum absolute atomic E-state index is 0.0629. The number of thioether (sulfide) groups is 1. The summed E-state index contributed by atoms with van der Waals surface area (Å²) in [6.45, 7) is -0.547. The van der Waals surface area contributed by atoms with E-state index in [0.717, 1.165) is 46.6 Å².